The number of carbonyl (C=O) groups is 1. The summed E-state index contributed by atoms with van der Waals surface area (Å²) in [5.41, 5.74) is 2.28. The maximum Gasteiger partial charge on any atom is 0.222 e. The molecule has 152 valence electrons. The summed E-state index contributed by atoms with van der Waals surface area (Å²) in [5.74, 6) is 2.29. The molecule has 1 rings (SSSR count). The number of hydrogen-bond acceptors (Lipinski definition) is 3. The summed E-state index contributed by atoms with van der Waals surface area (Å²) >= 11 is 0. The zero-order valence-corrected chi connectivity index (χ0v) is 17.7. The standard InChI is InChI=1S/C21H36N4O2/c1-15(2)9-12-27-19-13-17(5)7-8-18(19)14-25-21(22-6)24-11-10-23-20(26)16(3)4/h7-8,13,15-16H,9-12,14H2,1-6H3,(H,23,26)(H2,22,24,25). The van der Waals surface area contributed by atoms with E-state index in [1.165, 1.54) is 5.56 Å². The molecule has 0 fully saturated rings. The number of amides is 1. The second-order valence-electron chi connectivity index (χ2n) is 7.44. The molecular formula is C21H36N4O2. The minimum absolute atomic E-state index is 0.00177. The first-order valence-corrected chi connectivity index (χ1v) is 9.78. The summed E-state index contributed by atoms with van der Waals surface area (Å²) in [7, 11) is 1.73. The lowest BCUT2D eigenvalue weighted by Crippen LogP contribution is -2.41. The molecule has 0 aromatic heterocycles. The van der Waals surface area contributed by atoms with Gasteiger partial charge in [0.25, 0.3) is 0 Å². The number of nitrogens with zero attached hydrogens (tertiary/aromatic N) is 1. The summed E-state index contributed by atoms with van der Waals surface area (Å²) in [6.45, 7) is 12.7. The van der Waals surface area contributed by atoms with Gasteiger partial charge in [0.15, 0.2) is 5.96 Å². The van der Waals surface area contributed by atoms with Crippen LogP contribution in [-0.2, 0) is 11.3 Å². The molecule has 0 spiro atoms. The highest BCUT2D eigenvalue weighted by molar-refractivity contribution is 5.80. The van der Waals surface area contributed by atoms with Gasteiger partial charge in [-0.25, -0.2) is 0 Å². The van der Waals surface area contributed by atoms with E-state index in [4.69, 9.17) is 4.74 Å². The van der Waals surface area contributed by atoms with E-state index in [1.54, 1.807) is 7.05 Å². The molecule has 0 aliphatic rings. The molecule has 6 heteroatoms. The van der Waals surface area contributed by atoms with Gasteiger partial charge in [-0.15, -0.1) is 0 Å². The Kier molecular flexibility index (Phi) is 10.3. The predicted molar refractivity (Wildman–Crippen MR) is 112 cm³/mol. The number of carbonyl (C=O) groups excluding carboxylic acids is 1. The largest absolute Gasteiger partial charge is 0.493 e. The first kappa shape index (κ1) is 22.8. The molecule has 0 aliphatic heterocycles. The van der Waals surface area contributed by atoms with Gasteiger partial charge in [-0.05, 0) is 30.9 Å². The highest BCUT2D eigenvalue weighted by atomic mass is 16.5. The highest BCUT2D eigenvalue weighted by Gasteiger charge is 2.08. The zero-order valence-electron chi connectivity index (χ0n) is 17.7. The van der Waals surface area contributed by atoms with Gasteiger partial charge in [-0.2, -0.15) is 0 Å². The lowest BCUT2D eigenvalue weighted by Gasteiger charge is -2.16. The van der Waals surface area contributed by atoms with E-state index in [0.29, 0.717) is 31.5 Å². The van der Waals surface area contributed by atoms with Crippen LogP contribution in [0.1, 0.15) is 45.2 Å². The van der Waals surface area contributed by atoms with Crippen molar-refractivity contribution >= 4 is 11.9 Å². The second kappa shape index (κ2) is 12.2. The fourth-order valence-electron chi connectivity index (χ4n) is 2.32. The maximum atomic E-state index is 11.6. The van der Waals surface area contributed by atoms with E-state index in [2.05, 4.69) is 59.9 Å². The third-order valence-electron chi connectivity index (χ3n) is 4.09. The Morgan fingerprint density at radius 2 is 1.81 bits per heavy atom. The van der Waals surface area contributed by atoms with Gasteiger partial charge in [-0.1, -0.05) is 39.8 Å². The van der Waals surface area contributed by atoms with Crippen LogP contribution >= 0.6 is 0 Å². The molecule has 0 heterocycles. The van der Waals surface area contributed by atoms with Crippen LogP contribution in [0.25, 0.3) is 0 Å². The Morgan fingerprint density at radius 1 is 1.11 bits per heavy atom. The molecule has 0 bridgehead atoms. The first-order valence-electron chi connectivity index (χ1n) is 9.78. The number of benzene rings is 1. The SMILES string of the molecule is CN=C(NCCNC(=O)C(C)C)NCc1ccc(C)cc1OCCC(C)C. The Labute approximate surface area is 164 Å². The van der Waals surface area contributed by atoms with Crippen molar-refractivity contribution in [1.29, 1.82) is 0 Å². The minimum atomic E-state index is -0.00177. The van der Waals surface area contributed by atoms with Crippen LogP contribution in [0.2, 0.25) is 0 Å². The van der Waals surface area contributed by atoms with E-state index in [-0.39, 0.29) is 11.8 Å². The van der Waals surface area contributed by atoms with Crippen molar-refractivity contribution in [2.45, 2.75) is 47.6 Å². The van der Waals surface area contributed by atoms with Crippen LogP contribution in [0.15, 0.2) is 23.2 Å². The van der Waals surface area contributed by atoms with E-state index in [1.807, 2.05) is 13.8 Å². The monoisotopic (exact) mass is 376 g/mol. The Bertz CT molecular complexity index is 612. The van der Waals surface area contributed by atoms with E-state index in [0.717, 1.165) is 24.3 Å². The number of rotatable bonds is 10. The van der Waals surface area contributed by atoms with Crippen LogP contribution in [-0.4, -0.2) is 38.6 Å². The predicted octanol–water partition coefficient (Wildman–Crippen LogP) is 2.86. The van der Waals surface area contributed by atoms with Crippen molar-refractivity contribution in [3.05, 3.63) is 29.3 Å². The summed E-state index contributed by atoms with van der Waals surface area (Å²) in [6, 6.07) is 6.25. The third kappa shape index (κ3) is 9.31. The molecule has 1 aromatic carbocycles. The molecule has 6 nitrogen and oxygen atoms in total. The fraction of sp³-hybridized carbons (Fsp3) is 0.619. The molecular weight excluding hydrogens is 340 g/mol. The minimum Gasteiger partial charge on any atom is -0.493 e. The summed E-state index contributed by atoms with van der Waals surface area (Å²) < 4.78 is 5.99. The molecule has 1 aromatic rings. The quantitative estimate of drug-likeness (QED) is 0.333. The van der Waals surface area contributed by atoms with Gasteiger partial charge in [-0.3, -0.25) is 9.79 Å². The number of ether oxygens (including phenoxy) is 1. The normalized spacial score (nSPS) is 11.6. The average Bonchev–Trinajstić information content (AvgIpc) is 2.61. The zero-order chi connectivity index (χ0) is 20.2. The molecule has 0 saturated heterocycles. The van der Waals surface area contributed by atoms with Crippen molar-refractivity contribution in [3.63, 3.8) is 0 Å². The van der Waals surface area contributed by atoms with E-state index in [9.17, 15) is 4.79 Å². The van der Waals surface area contributed by atoms with Crippen LogP contribution in [0, 0.1) is 18.8 Å². The van der Waals surface area contributed by atoms with Gasteiger partial charge in [0.05, 0.1) is 6.61 Å². The lowest BCUT2D eigenvalue weighted by molar-refractivity contribution is -0.123. The molecule has 0 atom stereocenters. The number of nitrogens with one attached hydrogen (secondary N) is 3. The number of guanidine groups is 1. The van der Waals surface area contributed by atoms with Crippen LogP contribution in [0.4, 0.5) is 0 Å². The molecule has 0 radical (unpaired) electrons. The van der Waals surface area contributed by atoms with Crippen molar-refractivity contribution in [2.24, 2.45) is 16.8 Å². The van der Waals surface area contributed by atoms with Gasteiger partial charge >= 0.3 is 0 Å². The average molecular weight is 377 g/mol. The second-order valence-corrected chi connectivity index (χ2v) is 7.44. The Morgan fingerprint density at radius 3 is 2.44 bits per heavy atom. The van der Waals surface area contributed by atoms with Crippen molar-refractivity contribution in [3.8, 4) is 5.75 Å². The molecule has 0 saturated carbocycles. The molecule has 0 aliphatic carbocycles. The molecule has 3 N–H and O–H groups in total. The third-order valence-corrected chi connectivity index (χ3v) is 4.09. The van der Waals surface area contributed by atoms with E-state index < -0.39 is 0 Å². The lowest BCUT2D eigenvalue weighted by atomic mass is 10.1. The molecule has 0 unspecified atom stereocenters. The van der Waals surface area contributed by atoms with Crippen molar-refractivity contribution in [2.75, 3.05) is 26.7 Å². The summed E-state index contributed by atoms with van der Waals surface area (Å²) in [5, 5.41) is 9.39. The molecule has 27 heavy (non-hydrogen) atoms. The summed E-state index contributed by atoms with van der Waals surface area (Å²) in [4.78, 5) is 15.8. The van der Waals surface area contributed by atoms with Crippen LogP contribution < -0.4 is 20.7 Å². The van der Waals surface area contributed by atoms with Gasteiger partial charge in [0, 0.05) is 38.2 Å². The van der Waals surface area contributed by atoms with Crippen LogP contribution in [0.5, 0.6) is 5.75 Å². The summed E-state index contributed by atoms with van der Waals surface area (Å²) in [6.07, 6.45) is 1.03. The maximum absolute atomic E-state index is 11.6. The van der Waals surface area contributed by atoms with Gasteiger partial charge < -0.3 is 20.7 Å². The van der Waals surface area contributed by atoms with Gasteiger partial charge in [0.2, 0.25) is 5.91 Å². The Hall–Kier alpha value is -2.24. The smallest absolute Gasteiger partial charge is 0.222 e. The number of hydrogen-bond donors (Lipinski definition) is 3. The van der Waals surface area contributed by atoms with E-state index >= 15 is 0 Å². The molecule has 1 amide bonds. The van der Waals surface area contributed by atoms with Crippen molar-refractivity contribution < 1.29 is 9.53 Å². The first-order chi connectivity index (χ1) is 12.8. The topological polar surface area (TPSA) is 74.8 Å². The van der Waals surface area contributed by atoms with Crippen LogP contribution in [0.3, 0.4) is 0 Å². The highest BCUT2D eigenvalue weighted by Crippen LogP contribution is 2.21. The van der Waals surface area contributed by atoms with Gasteiger partial charge in [0.1, 0.15) is 5.75 Å². The Balaban J connectivity index is 2.50. The van der Waals surface area contributed by atoms with Crippen molar-refractivity contribution in [1.82, 2.24) is 16.0 Å². The number of aliphatic imine (C=N–C) groups is 1. The number of aryl methyl sites for hydroxylation is 1. The fourth-order valence-corrected chi connectivity index (χ4v) is 2.32.